The highest BCUT2D eigenvalue weighted by Crippen LogP contribution is 2.51. The number of hydrogen-bond acceptors (Lipinski definition) is 7. The second-order valence-corrected chi connectivity index (χ2v) is 7.65. The summed E-state index contributed by atoms with van der Waals surface area (Å²) < 4.78 is 22.7. The first-order valence-corrected chi connectivity index (χ1v) is 10.3. The van der Waals surface area contributed by atoms with Crippen LogP contribution in [0.2, 0.25) is 0 Å². The van der Waals surface area contributed by atoms with Gasteiger partial charge in [0, 0.05) is 23.1 Å². The SMILES string of the molecule is COc1ccc([C@H]2Oc3c(OC)cccc3[C@@H]3CC(c4cc(OC)ccc4O)=NN23)cc1. The molecule has 2 aliphatic rings. The lowest BCUT2D eigenvalue weighted by atomic mass is 9.95. The highest BCUT2D eigenvalue weighted by atomic mass is 16.5. The van der Waals surface area contributed by atoms with Crippen molar-refractivity contribution in [1.82, 2.24) is 5.01 Å². The van der Waals surface area contributed by atoms with Crippen LogP contribution in [0, 0.1) is 0 Å². The molecule has 0 radical (unpaired) electrons. The molecule has 3 aromatic rings. The maximum absolute atomic E-state index is 10.5. The highest BCUT2D eigenvalue weighted by Gasteiger charge is 2.42. The summed E-state index contributed by atoms with van der Waals surface area (Å²) in [6.45, 7) is 0. The number of phenolic OH excluding ortho intramolecular Hbond substituents is 1. The topological polar surface area (TPSA) is 72.8 Å². The van der Waals surface area contributed by atoms with Gasteiger partial charge in [-0.25, -0.2) is 5.01 Å². The molecule has 32 heavy (non-hydrogen) atoms. The molecule has 1 N–H and O–H groups in total. The Kier molecular flexibility index (Phi) is 5.01. The van der Waals surface area contributed by atoms with Gasteiger partial charge in [-0.2, -0.15) is 5.10 Å². The van der Waals surface area contributed by atoms with Gasteiger partial charge in [0.2, 0.25) is 6.23 Å². The lowest BCUT2D eigenvalue weighted by Gasteiger charge is -2.38. The molecule has 3 aromatic carbocycles. The number of hydrazone groups is 1. The van der Waals surface area contributed by atoms with Crippen molar-refractivity contribution in [1.29, 1.82) is 0 Å². The summed E-state index contributed by atoms with van der Waals surface area (Å²) in [5.74, 6) is 2.99. The van der Waals surface area contributed by atoms with Crippen molar-refractivity contribution < 1.29 is 24.1 Å². The number of benzene rings is 3. The van der Waals surface area contributed by atoms with Crippen molar-refractivity contribution in [2.75, 3.05) is 21.3 Å². The van der Waals surface area contributed by atoms with Crippen LogP contribution < -0.4 is 18.9 Å². The number of para-hydroxylation sites is 1. The second-order valence-electron chi connectivity index (χ2n) is 7.65. The van der Waals surface area contributed by atoms with E-state index in [1.54, 1.807) is 33.5 Å². The smallest absolute Gasteiger partial charge is 0.214 e. The minimum Gasteiger partial charge on any atom is -0.507 e. The molecule has 0 fully saturated rings. The van der Waals surface area contributed by atoms with E-state index in [0.717, 1.165) is 22.6 Å². The summed E-state index contributed by atoms with van der Waals surface area (Å²) >= 11 is 0. The van der Waals surface area contributed by atoms with Crippen molar-refractivity contribution in [3.8, 4) is 28.7 Å². The van der Waals surface area contributed by atoms with Crippen molar-refractivity contribution in [2.45, 2.75) is 18.7 Å². The molecule has 0 spiro atoms. The van der Waals surface area contributed by atoms with Gasteiger partial charge in [0.05, 0.1) is 33.1 Å². The molecule has 7 heteroatoms. The average molecular weight is 432 g/mol. The molecule has 2 heterocycles. The van der Waals surface area contributed by atoms with Crippen LogP contribution in [-0.4, -0.2) is 37.2 Å². The molecule has 0 aromatic heterocycles. The number of rotatable bonds is 5. The molecule has 2 atom stereocenters. The fourth-order valence-electron chi connectivity index (χ4n) is 4.27. The Labute approximate surface area is 186 Å². The number of fused-ring (bicyclic) bond motifs is 3. The first-order valence-electron chi connectivity index (χ1n) is 10.3. The Hall–Kier alpha value is -3.87. The Morgan fingerprint density at radius 3 is 2.41 bits per heavy atom. The molecular formula is C25H24N2O5. The Morgan fingerprint density at radius 1 is 0.938 bits per heavy atom. The van der Waals surface area contributed by atoms with Crippen LogP contribution in [0.4, 0.5) is 0 Å². The summed E-state index contributed by atoms with van der Waals surface area (Å²) in [6, 6.07) is 18.7. The summed E-state index contributed by atoms with van der Waals surface area (Å²) in [5.41, 5.74) is 3.35. The summed E-state index contributed by atoms with van der Waals surface area (Å²) in [5, 5.41) is 17.4. The van der Waals surface area contributed by atoms with E-state index in [1.165, 1.54) is 0 Å². The van der Waals surface area contributed by atoms with Crippen LogP contribution in [0.3, 0.4) is 0 Å². The van der Waals surface area contributed by atoms with Crippen LogP contribution >= 0.6 is 0 Å². The minimum atomic E-state index is -0.458. The zero-order chi connectivity index (χ0) is 22.2. The molecule has 5 rings (SSSR count). The van der Waals surface area contributed by atoms with Gasteiger partial charge < -0.3 is 24.1 Å². The van der Waals surface area contributed by atoms with E-state index in [9.17, 15) is 5.11 Å². The monoisotopic (exact) mass is 432 g/mol. The average Bonchev–Trinajstić information content (AvgIpc) is 3.29. The number of phenols is 1. The zero-order valence-corrected chi connectivity index (χ0v) is 18.1. The van der Waals surface area contributed by atoms with Crippen molar-refractivity contribution in [2.24, 2.45) is 5.10 Å². The molecule has 0 bridgehead atoms. The maximum atomic E-state index is 10.5. The molecule has 0 aliphatic carbocycles. The summed E-state index contributed by atoms with van der Waals surface area (Å²) in [6.07, 6.45) is 0.150. The van der Waals surface area contributed by atoms with Gasteiger partial charge in [0.15, 0.2) is 11.5 Å². The van der Waals surface area contributed by atoms with E-state index < -0.39 is 6.23 Å². The van der Waals surface area contributed by atoms with E-state index in [0.29, 0.717) is 29.2 Å². The zero-order valence-electron chi connectivity index (χ0n) is 18.1. The molecule has 164 valence electrons. The second kappa shape index (κ2) is 8.00. The lowest BCUT2D eigenvalue weighted by molar-refractivity contribution is -0.0209. The minimum absolute atomic E-state index is 0.0680. The van der Waals surface area contributed by atoms with E-state index >= 15 is 0 Å². The van der Waals surface area contributed by atoms with Crippen LogP contribution in [-0.2, 0) is 0 Å². The molecule has 0 unspecified atom stereocenters. The first kappa shape index (κ1) is 20.1. The van der Waals surface area contributed by atoms with Crippen LogP contribution in [0.25, 0.3) is 0 Å². The molecule has 0 amide bonds. The number of hydrogen-bond donors (Lipinski definition) is 1. The molecule has 0 saturated heterocycles. The van der Waals surface area contributed by atoms with E-state index in [-0.39, 0.29) is 11.8 Å². The van der Waals surface area contributed by atoms with Gasteiger partial charge in [-0.3, -0.25) is 0 Å². The third-order valence-corrected chi connectivity index (χ3v) is 5.92. The number of ether oxygens (including phenoxy) is 4. The molecule has 2 aliphatic heterocycles. The van der Waals surface area contributed by atoms with Gasteiger partial charge >= 0.3 is 0 Å². The van der Waals surface area contributed by atoms with Gasteiger partial charge in [0.1, 0.15) is 17.2 Å². The Balaban J connectivity index is 1.61. The van der Waals surface area contributed by atoms with Crippen molar-refractivity contribution in [3.63, 3.8) is 0 Å². The predicted octanol–water partition coefficient (Wildman–Crippen LogP) is 4.66. The van der Waals surface area contributed by atoms with Crippen LogP contribution in [0.5, 0.6) is 28.7 Å². The van der Waals surface area contributed by atoms with Crippen LogP contribution in [0.15, 0.2) is 65.8 Å². The quantitative estimate of drug-likeness (QED) is 0.632. The Bertz CT molecular complexity index is 1180. The van der Waals surface area contributed by atoms with E-state index in [2.05, 4.69) is 0 Å². The van der Waals surface area contributed by atoms with Crippen LogP contribution in [0.1, 0.15) is 35.4 Å². The molecular weight excluding hydrogens is 408 g/mol. The van der Waals surface area contributed by atoms with E-state index in [4.69, 9.17) is 24.0 Å². The lowest BCUT2D eigenvalue weighted by Crippen LogP contribution is -2.33. The molecule has 0 saturated carbocycles. The fourth-order valence-corrected chi connectivity index (χ4v) is 4.27. The maximum Gasteiger partial charge on any atom is 0.214 e. The van der Waals surface area contributed by atoms with Crippen molar-refractivity contribution >= 4 is 5.71 Å². The van der Waals surface area contributed by atoms with Gasteiger partial charge in [-0.15, -0.1) is 0 Å². The third-order valence-electron chi connectivity index (χ3n) is 5.92. The Morgan fingerprint density at radius 2 is 1.69 bits per heavy atom. The largest absolute Gasteiger partial charge is 0.507 e. The first-order chi connectivity index (χ1) is 15.6. The fraction of sp³-hybridized carbons (Fsp3) is 0.240. The predicted molar refractivity (Wildman–Crippen MR) is 120 cm³/mol. The van der Waals surface area contributed by atoms with Gasteiger partial charge in [-0.05, 0) is 48.5 Å². The number of methoxy groups -OCH3 is 3. The number of nitrogens with zero attached hydrogens (tertiary/aromatic N) is 2. The normalized spacial score (nSPS) is 18.8. The van der Waals surface area contributed by atoms with Gasteiger partial charge in [-0.1, -0.05) is 12.1 Å². The summed E-state index contributed by atoms with van der Waals surface area (Å²) in [7, 11) is 4.88. The highest BCUT2D eigenvalue weighted by molar-refractivity contribution is 6.04. The van der Waals surface area contributed by atoms with Crippen molar-refractivity contribution in [3.05, 3.63) is 77.4 Å². The standard InChI is InChI=1S/C25H24N2O5/c1-29-16-9-7-15(8-10-16)25-27-21(18-5-4-6-23(31-3)24(18)32-25)14-20(26-27)19-13-17(30-2)11-12-22(19)28/h4-13,21,25,28H,14H2,1-3H3/t21-,25+/m0/s1. The van der Waals surface area contributed by atoms with Gasteiger partial charge in [0.25, 0.3) is 0 Å². The number of aromatic hydroxyl groups is 1. The molecule has 7 nitrogen and oxygen atoms in total. The van der Waals surface area contributed by atoms with E-state index in [1.807, 2.05) is 53.5 Å². The third kappa shape index (κ3) is 3.26. The summed E-state index contributed by atoms with van der Waals surface area (Å²) in [4.78, 5) is 0.